The fraction of sp³-hybridized carbons (Fsp3) is 0.357. The van der Waals surface area contributed by atoms with Gasteiger partial charge in [0.1, 0.15) is 5.82 Å². The molecule has 0 unspecified atom stereocenters. The molecule has 0 radical (unpaired) electrons. The van der Waals surface area contributed by atoms with Crippen LogP contribution < -0.4 is 10.5 Å². The minimum atomic E-state index is -0.384. The first-order valence-electron chi connectivity index (χ1n) is 6.40. The van der Waals surface area contributed by atoms with Crippen LogP contribution in [0.2, 0.25) is 0 Å². The average Bonchev–Trinajstić information content (AvgIpc) is 2.40. The molecule has 0 spiro atoms. The smallest absolute Gasteiger partial charge is 0.250 e. The molecule has 4 nitrogen and oxygen atoms in total. The molecule has 1 aromatic heterocycles. The number of piperazine rings is 1. The van der Waals surface area contributed by atoms with Crippen LogP contribution in [0.15, 0.2) is 29.1 Å². The highest BCUT2D eigenvalue weighted by molar-refractivity contribution is 5.91. The first kappa shape index (κ1) is 14.8. The van der Waals surface area contributed by atoms with Crippen molar-refractivity contribution in [3.63, 3.8) is 0 Å². The number of halogens is 2. The third kappa shape index (κ3) is 2.64. The van der Waals surface area contributed by atoms with Crippen molar-refractivity contribution < 1.29 is 4.39 Å². The first-order chi connectivity index (χ1) is 9.15. The van der Waals surface area contributed by atoms with Gasteiger partial charge in [0.15, 0.2) is 0 Å². The van der Waals surface area contributed by atoms with Crippen molar-refractivity contribution in [1.82, 2.24) is 9.88 Å². The van der Waals surface area contributed by atoms with Gasteiger partial charge in [-0.15, -0.1) is 12.4 Å². The number of nitrogens with zero attached hydrogens (tertiary/aromatic N) is 2. The average molecular weight is 298 g/mol. The Morgan fingerprint density at radius 2 is 1.90 bits per heavy atom. The van der Waals surface area contributed by atoms with Gasteiger partial charge in [0.25, 0.3) is 5.56 Å². The van der Waals surface area contributed by atoms with Gasteiger partial charge in [0.05, 0.1) is 11.2 Å². The number of likely N-dealkylation sites (N-methyl/N-ethyl adjacent to an activating group) is 1. The monoisotopic (exact) mass is 297 g/mol. The number of anilines is 1. The number of pyridine rings is 1. The molecule has 0 bridgehead atoms. The van der Waals surface area contributed by atoms with E-state index in [2.05, 4.69) is 21.8 Å². The van der Waals surface area contributed by atoms with Crippen LogP contribution in [-0.2, 0) is 0 Å². The lowest BCUT2D eigenvalue weighted by Crippen LogP contribution is -2.44. The number of fused-ring (bicyclic) bond motifs is 1. The number of aromatic amines is 1. The fourth-order valence-corrected chi connectivity index (χ4v) is 2.53. The molecule has 1 aliphatic heterocycles. The van der Waals surface area contributed by atoms with Gasteiger partial charge in [-0.25, -0.2) is 4.39 Å². The molecular formula is C14H17ClFN3O. The minimum Gasteiger partial charge on any atom is -0.368 e. The number of para-hydroxylation sites is 1. The molecule has 6 heteroatoms. The molecule has 1 N–H and O–H groups in total. The normalized spacial score (nSPS) is 16.2. The van der Waals surface area contributed by atoms with Crippen molar-refractivity contribution in [3.8, 4) is 0 Å². The van der Waals surface area contributed by atoms with Crippen molar-refractivity contribution in [2.24, 2.45) is 0 Å². The van der Waals surface area contributed by atoms with E-state index < -0.39 is 0 Å². The van der Waals surface area contributed by atoms with Gasteiger partial charge in [-0.05, 0) is 13.1 Å². The first-order valence-corrected chi connectivity index (χ1v) is 6.40. The predicted octanol–water partition coefficient (Wildman–Crippen LogP) is 1.84. The van der Waals surface area contributed by atoms with Gasteiger partial charge in [0, 0.05) is 37.6 Å². The van der Waals surface area contributed by atoms with E-state index in [9.17, 15) is 9.18 Å². The Balaban J connectivity index is 0.00000147. The second-order valence-electron chi connectivity index (χ2n) is 4.97. The van der Waals surface area contributed by atoms with Crippen LogP contribution in [0, 0.1) is 5.82 Å². The van der Waals surface area contributed by atoms with E-state index in [0.29, 0.717) is 5.52 Å². The summed E-state index contributed by atoms with van der Waals surface area (Å²) in [4.78, 5) is 18.7. The van der Waals surface area contributed by atoms with Crippen molar-refractivity contribution in [2.75, 3.05) is 38.1 Å². The molecule has 2 heterocycles. The van der Waals surface area contributed by atoms with Gasteiger partial charge in [-0.2, -0.15) is 0 Å². The highest BCUT2D eigenvalue weighted by atomic mass is 35.5. The molecule has 0 saturated carbocycles. The Bertz CT molecular complexity index is 665. The lowest BCUT2D eigenvalue weighted by molar-refractivity contribution is 0.313. The molecule has 1 aromatic carbocycles. The van der Waals surface area contributed by atoms with Crippen LogP contribution in [0.3, 0.4) is 0 Å². The molecule has 0 atom stereocenters. The summed E-state index contributed by atoms with van der Waals surface area (Å²) < 4.78 is 13.8. The van der Waals surface area contributed by atoms with Gasteiger partial charge in [0.2, 0.25) is 0 Å². The zero-order chi connectivity index (χ0) is 13.4. The van der Waals surface area contributed by atoms with E-state index in [0.717, 1.165) is 37.3 Å². The van der Waals surface area contributed by atoms with E-state index in [1.165, 1.54) is 6.07 Å². The Labute approximate surface area is 122 Å². The number of H-pyrrole nitrogens is 1. The Morgan fingerprint density at radius 3 is 2.60 bits per heavy atom. The third-order valence-electron chi connectivity index (χ3n) is 3.65. The van der Waals surface area contributed by atoms with E-state index in [1.807, 2.05) is 6.07 Å². The topological polar surface area (TPSA) is 39.3 Å². The maximum Gasteiger partial charge on any atom is 0.250 e. The summed E-state index contributed by atoms with van der Waals surface area (Å²) in [5, 5.41) is 0.768. The van der Waals surface area contributed by atoms with Crippen LogP contribution in [-0.4, -0.2) is 43.1 Å². The molecule has 20 heavy (non-hydrogen) atoms. The summed E-state index contributed by atoms with van der Waals surface area (Å²) in [6, 6.07) is 6.46. The van der Waals surface area contributed by atoms with E-state index in [1.54, 1.807) is 12.1 Å². The molecule has 2 aromatic rings. The van der Waals surface area contributed by atoms with Crippen LogP contribution in [0.1, 0.15) is 0 Å². The summed E-state index contributed by atoms with van der Waals surface area (Å²) in [5.74, 6) is -0.384. The van der Waals surface area contributed by atoms with Crippen molar-refractivity contribution in [3.05, 3.63) is 40.4 Å². The highest BCUT2D eigenvalue weighted by Gasteiger charge is 2.17. The van der Waals surface area contributed by atoms with Gasteiger partial charge in [-0.1, -0.05) is 12.1 Å². The summed E-state index contributed by atoms with van der Waals surface area (Å²) in [7, 11) is 2.08. The molecule has 1 saturated heterocycles. The van der Waals surface area contributed by atoms with Crippen molar-refractivity contribution >= 4 is 29.0 Å². The molecule has 3 rings (SSSR count). The van der Waals surface area contributed by atoms with Gasteiger partial charge >= 0.3 is 0 Å². The maximum absolute atomic E-state index is 13.8. The van der Waals surface area contributed by atoms with Crippen LogP contribution in [0.25, 0.3) is 10.9 Å². The SMILES string of the molecule is CN1CCN(c2cc(=O)[nH]c3c(F)cccc23)CC1.Cl. The highest BCUT2D eigenvalue weighted by Crippen LogP contribution is 2.26. The van der Waals surface area contributed by atoms with E-state index in [-0.39, 0.29) is 23.8 Å². The van der Waals surface area contributed by atoms with Gasteiger partial charge in [-0.3, -0.25) is 4.79 Å². The Morgan fingerprint density at radius 1 is 1.20 bits per heavy atom. The standard InChI is InChI=1S/C14H16FN3O.ClH/c1-17-5-7-18(8-6-17)12-9-13(19)16-14-10(12)3-2-4-11(14)15;/h2-4,9H,5-8H2,1H3,(H,16,19);1H. The Kier molecular flexibility index (Phi) is 4.30. The molecule has 1 aliphatic rings. The zero-order valence-corrected chi connectivity index (χ0v) is 12.0. The molecular weight excluding hydrogens is 281 g/mol. The largest absolute Gasteiger partial charge is 0.368 e. The molecule has 0 aliphatic carbocycles. The fourth-order valence-electron chi connectivity index (χ4n) is 2.53. The predicted molar refractivity (Wildman–Crippen MR) is 81.5 cm³/mol. The minimum absolute atomic E-state index is 0. The lowest BCUT2D eigenvalue weighted by atomic mass is 10.1. The summed E-state index contributed by atoms with van der Waals surface area (Å²) in [6.07, 6.45) is 0. The second-order valence-corrected chi connectivity index (χ2v) is 4.97. The van der Waals surface area contributed by atoms with E-state index in [4.69, 9.17) is 0 Å². The number of nitrogens with one attached hydrogen (secondary N) is 1. The lowest BCUT2D eigenvalue weighted by Gasteiger charge is -2.34. The zero-order valence-electron chi connectivity index (χ0n) is 11.2. The van der Waals surface area contributed by atoms with Gasteiger partial charge < -0.3 is 14.8 Å². The number of benzene rings is 1. The molecule has 0 amide bonds. The van der Waals surface area contributed by atoms with Crippen LogP contribution >= 0.6 is 12.4 Å². The Hall–Kier alpha value is -1.59. The summed E-state index contributed by atoms with van der Waals surface area (Å²) >= 11 is 0. The van der Waals surface area contributed by atoms with Crippen molar-refractivity contribution in [1.29, 1.82) is 0 Å². The van der Waals surface area contributed by atoms with Crippen molar-refractivity contribution in [2.45, 2.75) is 0 Å². The quantitative estimate of drug-likeness (QED) is 0.873. The maximum atomic E-state index is 13.8. The van der Waals surface area contributed by atoms with Crippen LogP contribution in [0.5, 0.6) is 0 Å². The number of rotatable bonds is 1. The summed E-state index contributed by atoms with van der Waals surface area (Å²) in [6.45, 7) is 3.60. The number of hydrogen-bond donors (Lipinski definition) is 1. The number of aromatic nitrogens is 1. The second kappa shape index (κ2) is 5.81. The third-order valence-corrected chi connectivity index (χ3v) is 3.65. The summed E-state index contributed by atoms with van der Waals surface area (Å²) in [5.41, 5.74) is 0.863. The van der Waals surface area contributed by atoms with Crippen LogP contribution in [0.4, 0.5) is 10.1 Å². The molecule has 1 fully saturated rings. The molecule has 108 valence electrons. The van der Waals surface area contributed by atoms with E-state index >= 15 is 0 Å². The number of hydrogen-bond acceptors (Lipinski definition) is 3.